The van der Waals surface area contributed by atoms with Crippen LogP contribution in [0.5, 0.6) is 5.75 Å². The number of hydrogen-bond donors (Lipinski definition) is 0. The van der Waals surface area contributed by atoms with E-state index in [1.54, 1.807) is 0 Å². The molecule has 7 heteroatoms. The van der Waals surface area contributed by atoms with Crippen LogP contribution in [-0.4, -0.2) is 24.1 Å². The van der Waals surface area contributed by atoms with E-state index < -0.39 is 17.0 Å². The van der Waals surface area contributed by atoms with E-state index in [1.165, 1.54) is 25.3 Å². The number of rotatable bonds is 5. The summed E-state index contributed by atoms with van der Waals surface area (Å²) in [5, 5.41) is 10.6. The molecule has 0 amide bonds. The number of nitro groups is 1. The predicted octanol–water partition coefficient (Wildman–Crippen LogP) is 2.58. The summed E-state index contributed by atoms with van der Waals surface area (Å²) in [5.41, 5.74) is -0.199. The van der Waals surface area contributed by atoms with Gasteiger partial charge in [0.15, 0.2) is 6.10 Å². The van der Waals surface area contributed by atoms with Gasteiger partial charge in [0, 0.05) is 18.1 Å². The van der Waals surface area contributed by atoms with Gasteiger partial charge in [0.25, 0.3) is 5.69 Å². The number of halogens is 1. The van der Waals surface area contributed by atoms with Gasteiger partial charge in [-0.2, -0.15) is 0 Å². The molecule has 1 aromatic carbocycles. The van der Waals surface area contributed by atoms with E-state index in [2.05, 4.69) is 4.74 Å². The van der Waals surface area contributed by atoms with E-state index in [0.717, 1.165) is 12.8 Å². The Morgan fingerprint density at radius 2 is 2.21 bits per heavy atom. The topological polar surface area (TPSA) is 78.7 Å². The number of methoxy groups -OCH3 is 1. The highest BCUT2D eigenvalue weighted by molar-refractivity contribution is 6.32. The molecule has 0 spiro atoms. The van der Waals surface area contributed by atoms with Crippen molar-refractivity contribution in [1.29, 1.82) is 0 Å². The molecular weight excluding hydrogens is 274 g/mol. The van der Waals surface area contributed by atoms with Crippen LogP contribution < -0.4 is 4.74 Å². The first-order chi connectivity index (χ1) is 9.02. The fraction of sp³-hybridized carbons (Fsp3) is 0.417. The number of benzene rings is 1. The molecule has 1 atom stereocenters. The molecule has 0 aromatic heterocycles. The number of hydrogen-bond acceptors (Lipinski definition) is 5. The molecule has 1 unspecified atom stereocenters. The Hall–Kier alpha value is -1.82. The lowest BCUT2D eigenvalue weighted by molar-refractivity contribution is -0.384. The first-order valence-corrected chi connectivity index (χ1v) is 6.09. The van der Waals surface area contributed by atoms with Crippen molar-refractivity contribution in [3.8, 4) is 5.75 Å². The van der Waals surface area contributed by atoms with Crippen LogP contribution >= 0.6 is 11.6 Å². The highest BCUT2D eigenvalue weighted by atomic mass is 35.5. The molecule has 1 aliphatic carbocycles. The lowest BCUT2D eigenvalue weighted by atomic mass is 10.2. The molecule has 0 radical (unpaired) electrons. The van der Waals surface area contributed by atoms with Crippen LogP contribution in [0.2, 0.25) is 5.02 Å². The summed E-state index contributed by atoms with van der Waals surface area (Å²) in [6.07, 6.45) is 1.13. The Bertz CT molecular complexity index is 515. The van der Waals surface area contributed by atoms with Crippen LogP contribution in [0.4, 0.5) is 5.69 Å². The third-order valence-electron chi connectivity index (χ3n) is 2.86. The average Bonchev–Trinajstić information content (AvgIpc) is 3.19. The summed E-state index contributed by atoms with van der Waals surface area (Å²) in [4.78, 5) is 21.6. The van der Waals surface area contributed by atoms with Gasteiger partial charge in [-0.3, -0.25) is 10.1 Å². The van der Waals surface area contributed by atoms with Crippen LogP contribution in [0.1, 0.15) is 12.8 Å². The molecule has 0 saturated heterocycles. The van der Waals surface area contributed by atoms with Gasteiger partial charge in [-0.25, -0.2) is 4.79 Å². The monoisotopic (exact) mass is 285 g/mol. The van der Waals surface area contributed by atoms with Gasteiger partial charge in [-0.05, 0) is 18.9 Å². The molecule has 0 N–H and O–H groups in total. The van der Waals surface area contributed by atoms with Crippen LogP contribution in [-0.2, 0) is 9.53 Å². The molecule has 19 heavy (non-hydrogen) atoms. The maximum absolute atomic E-state index is 11.6. The molecule has 1 aliphatic rings. The molecule has 0 aliphatic heterocycles. The lowest BCUT2D eigenvalue weighted by Gasteiger charge is -2.16. The smallest absolute Gasteiger partial charge is 0.347 e. The number of nitro benzene ring substituents is 1. The number of nitrogens with zero attached hydrogens (tertiary/aromatic N) is 1. The minimum Gasteiger partial charge on any atom is -0.478 e. The Balaban J connectivity index is 2.15. The standard InChI is InChI=1S/C12H12ClNO5/c1-18-12(15)11(7-2-3-7)19-8-4-5-10(14(16)17)9(13)6-8/h4-7,11H,2-3H2,1H3. The summed E-state index contributed by atoms with van der Waals surface area (Å²) in [5.74, 6) is 0.0105. The minimum absolute atomic E-state index is 0.0260. The maximum atomic E-state index is 11.6. The highest BCUT2D eigenvalue weighted by Crippen LogP contribution is 2.36. The Kier molecular flexibility index (Phi) is 3.90. The second-order valence-electron chi connectivity index (χ2n) is 4.27. The van der Waals surface area contributed by atoms with Crippen LogP contribution in [0.3, 0.4) is 0 Å². The van der Waals surface area contributed by atoms with Crippen molar-refractivity contribution in [3.05, 3.63) is 33.3 Å². The van der Waals surface area contributed by atoms with Crippen LogP contribution in [0.25, 0.3) is 0 Å². The van der Waals surface area contributed by atoms with E-state index in [4.69, 9.17) is 16.3 Å². The molecule has 102 valence electrons. The van der Waals surface area contributed by atoms with Gasteiger partial charge in [0.05, 0.1) is 12.0 Å². The van der Waals surface area contributed by atoms with Gasteiger partial charge in [-0.1, -0.05) is 11.6 Å². The Morgan fingerprint density at radius 3 is 2.68 bits per heavy atom. The van der Waals surface area contributed by atoms with E-state index in [1.807, 2.05) is 0 Å². The van der Waals surface area contributed by atoms with Gasteiger partial charge < -0.3 is 9.47 Å². The number of carbonyl (C=O) groups excluding carboxylic acids is 1. The minimum atomic E-state index is -0.678. The molecular formula is C12H12ClNO5. The molecule has 0 bridgehead atoms. The molecule has 1 fully saturated rings. The number of carbonyl (C=O) groups is 1. The lowest BCUT2D eigenvalue weighted by Crippen LogP contribution is -2.30. The fourth-order valence-electron chi connectivity index (χ4n) is 1.71. The first-order valence-electron chi connectivity index (χ1n) is 5.71. The first kappa shape index (κ1) is 13.6. The number of ether oxygens (including phenoxy) is 2. The molecule has 1 aromatic rings. The zero-order valence-electron chi connectivity index (χ0n) is 10.2. The zero-order valence-corrected chi connectivity index (χ0v) is 10.9. The van der Waals surface area contributed by atoms with E-state index >= 15 is 0 Å². The normalized spacial score (nSPS) is 15.7. The maximum Gasteiger partial charge on any atom is 0.347 e. The van der Waals surface area contributed by atoms with Crippen LogP contribution in [0.15, 0.2) is 18.2 Å². The Labute approximate surface area is 114 Å². The highest BCUT2D eigenvalue weighted by Gasteiger charge is 2.39. The van der Waals surface area contributed by atoms with Gasteiger partial charge in [-0.15, -0.1) is 0 Å². The SMILES string of the molecule is COC(=O)C(Oc1ccc([N+](=O)[O-])c(Cl)c1)C1CC1. The summed E-state index contributed by atoms with van der Waals surface area (Å²) < 4.78 is 10.2. The Morgan fingerprint density at radius 1 is 1.53 bits per heavy atom. The summed E-state index contributed by atoms with van der Waals surface area (Å²) in [6.45, 7) is 0. The number of esters is 1. The zero-order chi connectivity index (χ0) is 14.0. The second kappa shape index (κ2) is 5.44. The summed E-state index contributed by atoms with van der Waals surface area (Å²) >= 11 is 5.78. The molecule has 1 saturated carbocycles. The molecule has 6 nitrogen and oxygen atoms in total. The van der Waals surface area contributed by atoms with E-state index in [9.17, 15) is 14.9 Å². The average molecular weight is 286 g/mol. The van der Waals surface area contributed by atoms with Crippen molar-refractivity contribution >= 4 is 23.3 Å². The summed E-state index contributed by atoms with van der Waals surface area (Å²) in [6, 6.07) is 4.00. The molecule has 2 rings (SSSR count). The van der Waals surface area contributed by atoms with Crippen molar-refractivity contribution in [2.24, 2.45) is 5.92 Å². The van der Waals surface area contributed by atoms with Crippen LogP contribution in [0, 0.1) is 16.0 Å². The van der Waals surface area contributed by atoms with Gasteiger partial charge >= 0.3 is 5.97 Å². The van der Waals surface area contributed by atoms with Gasteiger partial charge in [0.1, 0.15) is 10.8 Å². The van der Waals surface area contributed by atoms with E-state index in [-0.39, 0.29) is 16.6 Å². The van der Waals surface area contributed by atoms with Crippen molar-refractivity contribution in [2.45, 2.75) is 18.9 Å². The predicted molar refractivity (Wildman–Crippen MR) is 67.3 cm³/mol. The van der Waals surface area contributed by atoms with Crippen molar-refractivity contribution in [2.75, 3.05) is 7.11 Å². The molecule has 0 heterocycles. The summed E-state index contributed by atoms with van der Waals surface area (Å²) in [7, 11) is 1.30. The third kappa shape index (κ3) is 3.14. The quantitative estimate of drug-likeness (QED) is 0.472. The van der Waals surface area contributed by atoms with E-state index in [0.29, 0.717) is 5.75 Å². The third-order valence-corrected chi connectivity index (χ3v) is 3.17. The van der Waals surface area contributed by atoms with Crippen molar-refractivity contribution in [1.82, 2.24) is 0 Å². The van der Waals surface area contributed by atoms with Crippen molar-refractivity contribution in [3.63, 3.8) is 0 Å². The van der Waals surface area contributed by atoms with Gasteiger partial charge in [0.2, 0.25) is 0 Å². The second-order valence-corrected chi connectivity index (χ2v) is 4.68. The van der Waals surface area contributed by atoms with Crippen molar-refractivity contribution < 1.29 is 19.2 Å². The fourth-order valence-corrected chi connectivity index (χ4v) is 1.95. The largest absolute Gasteiger partial charge is 0.478 e.